The first kappa shape index (κ1) is 15.5. The molecule has 2 atom stereocenters. The molecule has 2 unspecified atom stereocenters. The summed E-state index contributed by atoms with van der Waals surface area (Å²) in [4.78, 5) is 0. The monoisotopic (exact) mass is 295 g/mol. The Morgan fingerprint density at radius 3 is 2.35 bits per heavy atom. The van der Waals surface area contributed by atoms with Gasteiger partial charge in [-0.25, -0.2) is 8.42 Å². The minimum Gasteiger partial charge on any atom is -0.323 e. The smallest absolute Gasteiger partial charge is 0.155 e. The third-order valence-electron chi connectivity index (χ3n) is 4.39. The first-order valence-electron chi connectivity index (χ1n) is 7.56. The molecule has 1 aromatic carbocycles. The summed E-state index contributed by atoms with van der Waals surface area (Å²) in [5.41, 5.74) is 7.14. The van der Waals surface area contributed by atoms with Crippen molar-refractivity contribution in [1.82, 2.24) is 0 Å². The molecular formula is C16H25NO2S. The highest BCUT2D eigenvalue weighted by atomic mass is 32.2. The Balaban J connectivity index is 2.13. The van der Waals surface area contributed by atoms with Crippen molar-refractivity contribution >= 4 is 9.84 Å². The van der Waals surface area contributed by atoms with Crippen LogP contribution in [0.3, 0.4) is 0 Å². The summed E-state index contributed by atoms with van der Waals surface area (Å²) >= 11 is 0. The summed E-state index contributed by atoms with van der Waals surface area (Å²) in [6.45, 7) is 1.92. The predicted octanol–water partition coefficient (Wildman–Crippen LogP) is 3.07. The molecular weight excluding hydrogens is 270 g/mol. The topological polar surface area (TPSA) is 60.2 Å². The lowest BCUT2D eigenvalue weighted by molar-refractivity contribution is 0.524. The van der Waals surface area contributed by atoms with Crippen LogP contribution >= 0.6 is 0 Å². The SMILES string of the molecule is CCC(C(N)c1ccccc1)S(=O)(=O)CC1CCCC1. The van der Waals surface area contributed by atoms with Crippen molar-refractivity contribution in [2.24, 2.45) is 11.7 Å². The van der Waals surface area contributed by atoms with Gasteiger partial charge in [-0.2, -0.15) is 0 Å². The first-order chi connectivity index (χ1) is 9.54. The molecule has 4 heteroatoms. The molecule has 0 radical (unpaired) electrons. The number of hydrogen-bond donors (Lipinski definition) is 1. The number of hydrogen-bond acceptors (Lipinski definition) is 3. The van der Waals surface area contributed by atoms with E-state index in [2.05, 4.69) is 0 Å². The van der Waals surface area contributed by atoms with Crippen LogP contribution in [0, 0.1) is 5.92 Å². The fraction of sp³-hybridized carbons (Fsp3) is 0.625. The van der Waals surface area contributed by atoms with E-state index in [0.717, 1.165) is 18.4 Å². The van der Waals surface area contributed by atoms with Crippen molar-refractivity contribution < 1.29 is 8.42 Å². The van der Waals surface area contributed by atoms with Gasteiger partial charge in [0, 0.05) is 6.04 Å². The second-order valence-electron chi connectivity index (χ2n) is 5.86. The van der Waals surface area contributed by atoms with Gasteiger partial charge in [0.2, 0.25) is 0 Å². The Hall–Kier alpha value is -0.870. The number of benzene rings is 1. The van der Waals surface area contributed by atoms with Crippen molar-refractivity contribution in [2.75, 3.05) is 5.75 Å². The average Bonchev–Trinajstić information content (AvgIpc) is 2.92. The molecule has 0 amide bonds. The maximum atomic E-state index is 12.7. The van der Waals surface area contributed by atoms with Crippen LogP contribution in [0.25, 0.3) is 0 Å². The van der Waals surface area contributed by atoms with E-state index < -0.39 is 21.1 Å². The van der Waals surface area contributed by atoms with Gasteiger partial charge in [0.15, 0.2) is 9.84 Å². The molecule has 0 spiro atoms. The lowest BCUT2D eigenvalue weighted by Gasteiger charge is -2.24. The molecule has 112 valence electrons. The molecule has 1 aliphatic rings. The summed E-state index contributed by atoms with van der Waals surface area (Å²) in [6.07, 6.45) is 5.01. The Morgan fingerprint density at radius 2 is 1.80 bits per heavy atom. The van der Waals surface area contributed by atoms with Crippen LogP contribution in [0.2, 0.25) is 0 Å². The van der Waals surface area contributed by atoms with E-state index in [1.165, 1.54) is 12.8 Å². The highest BCUT2D eigenvalue weighted by molar-refractivity contribution is 7.92. The zero-order valence-electron chi connectivity index (χ0n) is 12.2. The minimum atomic E-state index is -3.13. The normalized spacial score (nSPS) is 19.9. The fourth-order valence-corrected chi connectivity index (χ4v) is 5.60. The molecule has 0 aromatic heterocycles. The summed E-state index contributed by atoms with van der Waals surface area (Å²) in [5, 5.41) is -0.467. The molecule has 0 heterocycles. The Labute approximate surface area is 122 Å². The number of sulfone groups is 1. The second-order valence-corrected chi connectivity index (χ2v) is 8.13. The zero-order valence-corrected chi connectivity index (χ0v) is 13.0. The van der Waals surface area contributed by atoms with Crippen LogP contribution in [0.15, 0.2) is 30.3 Å². The molecule has 0 bridgehead atoms. The molecule has 0 saturated heterocycles. The highest BCUT2D eigenvalue weighted by Crippen LogP contribution is 2.30. The van der Waals surface area contributed by atoms with E-state index in [1.54, 1.807) is 0 Å². The van der Waals surface area contributed by atoms with Crippen LogP contribution in [-0.2, 0) is 9.84 Å². The molecule has 1 fully saturated rings. The maximum Gasteiger partial charge on any atom is 0.155 e. The van der Waals surface area contributed by atoms with Crippen LogP contribution in [0.4, 0.5) is 0 Å². The number of nitrogens with two attached hydrogens (primary N) is 1. The summed E-state index contributed by atoms with van der Waals surface area (Å²) in [7, 11) is -3.13. The van der Waals surface area contributed by atoms with Crippen LogP contribution in [0.5, 0.6) is 0 Å². The largest absolute Gasteiger partial charge is 0.323 e. The van der Waals surface area contributed by atoms with Gasteiger partial charge in [0.25, 0.3) is 0 Å². The van der Waals surface area contributed by atoms with E-state index >= 15 is 0 Å². The van der Waals surface area contributed by atoms with Gasteiger partial charge in [-0.05, 0) is 30.7 Å². The van der Waals surface area contributed by atoms with Crippen LogP contribution < -0.4 is 5.73 Å². The molecule has 3 nitrogen and oxygen atoms in total. The maximum absolute atomic E-state index is 12.7. The minimum absolute atomic E-state index is 0.312. The summed E-state index contributed by atoms with van der Waals surface area (Å²) in [5.74, 6) is 0.656. The molecule has 2 rings (SSSR count). The van der Waals surface area contributed by atoms with Gasteiger partial charge in [0.05, 0.1) is 11.0 Å². The lowest BCUT2D eigenvalue weighted by atomic mass is 10.0. The van der Waals surface area contributed by atoms with Crippen molar-refractivity contribution in [3.05, 3.63) is 35.9 Å². The first-order valence-corrected chi connectivity index (χ1v) is 9.28. The summed E-state index contributed by atoms with van der Waals surface area (Å²) in [6, 6.07) is 9.14. The third kappa shape index (κ3) is 3.61. The van der Waals surface area contributed by atoms with Crippen molar-refractivity contribution in [3.8, 4) is 0 Å². The molecule has 0 aliphatic heterocycles. The average molecular weight is 295 g/mol. The van der Waals surface area contributed by atoms with Crippen LogP contribution in [0.1, 0.15) is 50.6 Å². The quantitative estimate of drug-likeness (QED) is 0.877. The third-order valence-corrected chi connectivity index (χ3v) is 6.88. The van der Waals surface area contributed by atoms with Gasteiger partial charge < -0.3 is 5.73 Å². The van der Waals surface area contributed by atoms with Gasteiger partial charge >= 0.3 is 0 Å². The zero-order chi connectivity index (χ0) is 14.6. The van der Waals surface area contributed by atoms with Gasteiger partial charge in [-0.1, -0.05) is 50.1 Å². The number of rotatable bonds is 6. The molecule has 1 aliphatic carbocycles. The molecule has 1 saturated carbocycles. The predicted molar refractivity (Wildman–Crippen MR) is 83.2 cm³/mol. The molecule has 20 heavy (non-hydrogen) atoms. The Bertz CT molecular complexity index is 507. The molecule has 2 N–H and O–H groups in total. The van der Waals surface area contributed by atoms with E-state index in [9.17, 15) is 8.42 Å². The van der Waals surface area contributed by atoms with E-state index in [1.807, 2.05) is 37.3 Å². The Kier molecular flexibility index (Phi) is 5.22. The van der Waals surface area contributed by atoms with Gasteiger partial charge in [-0.15, -0.1) is 0 Å². The standard InChI is InChI=1S/C16H25NO2S/c1-2-15(16(17)14-10-4-3-5-11-14)20(18,19)12-13-8-6-7-9-13/h3-5,10-11,13,15-16H,2,6-9,12,17H2,1H3. The van der Waals surface area contributed by atoms with E-state index in [0.29, 0.717) is 18.1 Å². The van der Waals surface area contributed by atoms with Crippen molar-refractivity contribution in [1.29, 1.82) is 0 Å². The van der Waals surface area contributed by atoms with Crippen LogP contribution in [-0.4, -0.2) is 19.4 Å². The van der Waals surface area contributed by atoms with Gasteiger partial charge in [0.1, 0.15) is 0 Å². The van der Waals surface area contributed by atoms with E-state index in [4.69, 9.17) is 5.73 Å². The Morgan fingerprint density at radius 1 is 1.20 bits per heavy atom. The lowest BCUT2D eigenvalue weighted by Crippen LogP contribution is -2.36. The van der Waals surface area contributed by atoms with Crippen molar-refractivity contribution in [3.63, 3.8) is 0 Å². The van der Waals surface area contributed by atoms with Gasteiger partial charge in [-0.3, -0.25) is 0 Å². The molecule has 1 aromatic rings. The second kappa shape index (κ2) is 6.72. The fourth-order valence-electron chi connectivity index (χ4n) is 3.25. The highest BCUT2D eigenvalue weighted by Gasteiger charge is 2.33. The van der Waals surface area contributed by atoms with E-state index in [-0.39, 0.29) is 0 Å². The summed E-state index contributed by atoms with van der Waals surface area (Å²) < 4.78 is 25.3. The van der Waals surface area contributed by atoms with Crippen molar-refractivity contribution in [2.45, 2.75) is 50.3 Å².